The summed E-state index contributed by atoms with van der Waals surface area (Å²) in [7, 11) is -3.53. The lowest BCUT2D eigenvalue weighted by Gasteiger charge is -2.27. The number of rotatable bonds is 11. The number of aliphatic hydroxyl groups excluding tert-OH is 2. The Kier molecular flexibility index (Phi) is 9.53. The molecule has 1 aliphatic rings. The van der Waals surface area contributed by atoms with Gasteiger partial charge in [-0.3, -0.25) is 14.4 Å². The Morgan fingerprint density at radius 1 is 1.06 bits per heavy atom. The van der Waals surface area contributed by atoms with Crippen molar-refractivity contribution in [3.05, 3.63) is 29.8 Å². The number of benzene rings is 1. The van der Waals surface area contributed by atoms with E-state index in [1.807, 2.05) is 0 Å². The Morgan fingerprint density at radius 2 is 1.67 bits per heavy atom. The first-order chi connectivity index (χ1) is 15.5. The third kappa shape index (κ3) is 7.32. The van der Waals surface area contributed by atoms with Gasteiger partial charge in [-0.25, -0.2) is 8.42 Å². The van der Waals surface area contributed by atoms with Crippen molar-refractivity contribution >= 4 is 27.6 Å². The first-order valence-corrected chi connectivity index (χ1v) is 12.4. The van der Waals surface area contributed by atoms with Crippen molar-refractivity contribution in [2.75, 3.05) is 26.2 Å². The van der Waals surface area contributed by atoms with Gasteiger partial charge in [0, 0.05) is 38.0 Å². The highest BCUT2D eigenvalue weighted by Crippen LogP contribution is 2.21. The fourth-order valence-corrected chi connectivity index (χ4v) is 4.78. The molecule has 0 spiro atoms. The summed E-state index contributed by atoms with van der Waals surface area (Å²) in [6.07, 6.45) is 1.02. The third-order valence-corrected chi connectivity index (χ3v) is 7.54. The molecule has 1 heterocycles. The summed E-state index contributed by atoms with van der Waals surface area (Å²) in [6.45, 7) is 3.59. The SMILES string of the molecule is CC(C)(CO)C(O)C(=O)NCCC(=O)C(=O)NCc1ccc(S(=O)(=O)N2CCCCC2)cc1. The van der Waals surface area contributed by atoms with Crippen molar-refractivity contribution in [1.29, 1.82) is 0 Å². The second-order valence-electron chi connectivity index (χ2n) is 8.80. The molecule has 184 valence electrons. The molecule has 1 aliphatic heterocycles. The number of carbonyl (C=O) groups is 3. The molecule has 2 amide bonds. The number of Topliss-reactive ketones (excluding diaryl/α,β-unsaturated/α-hetero) is 1. The summed E-state index contributed by atoms with van der Waals surface area (Å²) in [4.78, 5) is 36.1. The van der Waals surface area contributed by atoms with E-state index in [1.165, 1.54) is 30.3 Å². The molecule has 1 saturated heterocycles. The van der Waals surface area contributed by atoms with E-state index in [1.54, 1.807) is 12.1 Å². The second-order valence-corrected chi connectivity index (χ2v) is 10.7. The van der Waals surface area contributed by atoms with E-state index in [2.05, 4.69) is 10.6 Å². The molecule has 0 bridgehead atoms. The van der Waals surface area contributed by atoms with Crippen LogP contribution in [0.5, 0.6) is 0 Å². The number of carbonyl (C=O) groups excluding carboxylic acids is 3. The summed E-state index contributed by atoms with van der Waals surface area (Å²) < 4.78 is 26.8. The monoisotopic (exact) mass is 483 g/mol. The molecule has 11 heteroatoms. The Balaban J connectivity index is 1.79. The highest BCUT2D eigenvalue weighted by atomic mass is 32.2. The van der Waals surface area contributed by atoms with Crippen LogP contribution in [0.3, 0.4) is 0 Å². The summed E-state index contributed by atoms with van der Waals surface area (Å²) in [5.74, 6) is -2.30. The minimum Gasteiger partial charge on any atom is -0.396 e. The average Bonchev–Trinajstić information content (AvgIpc) is 2.82. The minimum absolute atomic E-state index is 0.0460. The summed E-state index contributed by atoms with van der Waals surface area (Å²) >= 11 is 0. The van der Waals surface area contributed by atoms with Crippen molar-refractivity contribution in [1.82, 2.24) is 14.9 Å². The quantitative estimate of drug-likeness (QED) is 0.321. The van der Waals surface area contributed by atoms with Crippen LogP contribution in [0.1, 0.15) is 45.1 Å². The zero-order chi connectivity index (χ0) is 24.6. The molecule has 0 aliphatic carbocycles. The van der Waals surface area contributed by atoms with Crippen LogP contribution in [0.2, 0.25) is 0 Å². The van der Waals surface area contributed by atoms with E-state index in [0.29, 0.717) is 18.7 Å². The van der Waals surface area contributed by atoms with Crippen LogP contribution < -0.4 is 10.6 Å². The van der Waals surface area contributed by atoms with Gasteiger partial charge in [0.25, 0.3) is 5.91 Å². The predicted octanol–water partition coefficient (Wildman–Crippen LogP) is -0.0678. The molecular formula is C22H33N3O7S. The van der Waals surface area contributed by atoms with Gasteiger partial charge in [0.1, 0.15) is 6.10 Å². The fourth-order valence-electron chi connectivity index (χ4n) is 3.27. The number of sulfonamides is 1. The van der Waals surface area contributed by atoms with E-state index in [9.17, 15) is 33.0 Å². The van der Waals surface area contributed by atoms with Gasteiger partial charge in [-0.2, -0.15) is 4.31 Å². The maximum absolute atomic E-state index is 12.7. The summed E-state index contributed by atoms with van der Waals surface area (Å²) in [5.41, 5.74) is -0.398. The van der Waals surface area contributed by atoms with Crippen molar-refractivity contribution in [3.63, 3.8) is 0 Å². The van der Waals surface area contributed by atoms with Gasteiger partial charge in [-0.15, -0.1) is 0 Å². The molecule has 33 heavy (non-hydrogen) atoms. The van der Waals surface area contributed by atoms with Crippen LogP contribution in [0.15, 0.2) is 29.2 Å². The van der Waals surface area contributed by atoms with Crippen LogP contribution >= 0.6 is 0 Å². The number of piperidine rings is 1. The minimum atomic E-state index is -3.53. The maximum atomic E-state index is 12.7. The first kappa shape index (κ1) is 26.9. The maximum Gasteiger partial charge on any atom is 0.287 e. The molecular weight excluding hydrogens is 450 g/mol. The molecule has 4 N–H and O–H groups in total. The average molecular weight is 484 g/mol. The Labute approximate surface area is 194 Å². The lowest BCUT2D eigenvalue weighted by atomic mass is 9.87. The van der Waals surface area contributed by atoms with Crippen LogP contribution in [-0.2, 0) is 31.0 Å². The molecule has 2 rings (SSSR count). The summed E-state index contributed by atoms with van der Waals surface area (Å²) in [6, 6.07) is 6.15. The molecule has 1 aromatic carbocycles. The molecule has 1 atom stereocenters. The van der Waals surface area contributed by atoms with Gasteiger partial charge in [0.15, 0.2) is 0 Å². The van der Waals surface area contributed by atoms with Crippen molar-refractivity contribution < 1.29 is 33.0 Å². The number of amides is 2. The number of nitrogens with one attached hydrogen (secondary N) is 2. The lowest BCUT2D eigenvalue weighted by Crippen LogP contribution is -2.46. The Morgan fingerprint density at radius 3 is 2.24 bits per heavy atom. The largest absolute Gasteiger partial charge is 0.396 e. The predicted molar refractivity (Wildman–Crippen MR) is 120 cm³/mol. The van der Waals surface area contributed by atoms with Crippen LogP contribution in [-0.4, -0.2) is 72.9 Å². The smallest absolute Gasteiger partial charge is 0.287 e. The number of hydrogen-bond acceptors (Lipinski definition) is 7. The van der Waals surface area contributed by atoms with E-state index in [-0.39, 0.29) is 24.4 Å². The molecule has 1 unspecified atom stereocenters. The van der Waals surface area contributed by atoms with Gasteiger partial charge >= 0.3 is 0 Å². The Bertz CT molecular complexity index is 939. The van der Waals surface area contributed by atoms with Gasteiger partial charge in [0.2, 0.25) is 21.7 Å². The van der Waals surface area contributed by atoms with E-state index < -0.39 is 45.7 Å². The molecule has 0 saturated carbocycles. The lowest BCUT2D eigenvalue weighted by molar-refractivity contribution is -0.139. The van der Waals surface area contributed by atoms with Gasteiger partial charge in [-0.05, 0) is 30.5 Å². The highest BCUT2D eigenvalue weighted by molar-refractivity contribution is 7.89. The van der Waals surface area contributed by atoms with Crippen molar-refractivity contribution in [2.45, 2.75) is 57.1 Å². The zero-order valence-corrected chi connectivity index (χ0v) is 19.9. The number of hydrogen-bond donors (Lipinski definition) is 4. The third-order valence-electron chi connectivity index (χ3n) is 5.63. The van der Waals surface area contributed by atoms with Crippen LogP contribution in [0, 0.1) is 5.41 Å². The number of nitrogens with zero attached hydrogens (tertiary/aromatic N) is 1. The van der Waals surface area contributed by atoms with E-state index in [4.69, 9.17) is 0 Å². The molecule has 1 fully saturated rings. The van der Waals surface area contributed by atoms with Crippen molar-refractivity contribution in [2.24, 2.45) is 5.41 Å². The molecule has 10 nitrogen and oxygen atoms in total. The van der Waals surface area contributed by atoms with Crippen LogP contribution in [0.25, 0.3) is 0 Å². The van der Waals surface area contributed by atoms with Gasteiger partial charge < -0.3 is 20.8 Å². The Hall–Kier alpha value is -2.34. The first-order valence-electron chi connectivity index (χ1n) is 11.0. The fraction of sp³-hybridized carbons (Fsp3) is 0.591. The molecule has 1 aromatic rings. The normalized spacial score (nSPS) is 16.1. The second kappa shape index (κ2) is 11.7. The topological polar surface area (TPSA) is 153 Å². The number of aliphatic hydroxyl groups is 2. The van der Waals surface area contributed by atoms with Gasteiger partial charge in [0.05, 0.1) is 11.5 Å². The van der Waals surface area contributed by atoms with E-state index >= 15 is 0 Å². The van der Waals surface area contributed by atoms with Crippen molar-refractivity contribution in [3.8, 4) is 0 Å². The molecule has 0 aromatic heterocycles. The highest BCUT2D eigenvalue weighted by Gasteiger charge is 2.33. The molecule has 0 radical (unpaired) electrons. The number of ketones is 1. The summed E-state index contributed by atoms with van der Waals surface area (Å²) in [5, 5.41) is 23.9. The van der Waals surface area contributed by atoms with Gasteiger partial charge in [-0.1, -0.05) is 32.4 Å². The zero-order valence-electron chi connectivity index (χ0n) is 19.0. The van der Waals surface area contributed by atoms with Crippen LogP contribution in [0.4, 0.5) is 0 Å². The van der Waals surface area contributed by atoms with E-state index in [0.717, 1.165) is 19.3 Å². The standard InChI is InChI=1S/C22H33N3O7S/c1-22(2,15-26)19(28)21(30)23-11-10-18(27)20(29)24-14-16-6-8-17(9-7-16)33(31,32)25-12-4-3-5-13-25/h6-9,19,26,28H,3-5,10-15H2,1-2H3,(H,23,30)(H,24,29).